The highest BCUT2D eigenvalue weighted by Gasteiger charge is 2.15. The molecule has 0 atom stereocenters. The summed E-state index contributed by atoms with van der Waals surface area (Å²) >= 11 is 2.59. The predicted molar refractivity (Wildman–Crippen MR) is 124 cm³/mol. The minimum Gasteiger partial charge on any atom is -0.360 e. The van der Waals surface area contributed by atoms with E-state index < -0.39 is 10.0 Å². The van der Waals surface area contributed by atoms with E-state index in [1.807, 2.05) is 35.7 Å². The summed E-state index contributed by atoms with van der Waals surface area (Å²) in [6.07, 6.45) is 3.09. The van der Waals surface area contributed by atoms with Crippen LogP contribution in [0.5, 0.6) is 0 Å². The van der Waals surface area contributed by atoms with Crippen LogP contribution in [0.25, 0.3) is 16.8 Å². The number of allylic oxidation sites excluding steroid dienone is 1. The lowest BCUT2D eigenvalue weighted by Crippen LogP contribution is -2.12. The highest BCUT2D eigenvalue weighted by atomic mass is 32.2. The van der Waals surface area contributed by atoms with Crippen molar-refractivity contribution < 1.29 is 8.42 Å². The van der Waals surface area contributed by atoms with Crippen LogP contribution < -0.4 is 10.0 Å². The topological polar surface area (TPSA) is 108 Å². The monoisotopic (exact) mass is 465 g/mol. The first-order valence-electron chi connectivity index (χ1n) is 8.96. The molecule has 2 aromatic carbocycles. The van der Waals surface area contributed by atoms with Gasteiger partial charge in [0.2, 0.25) is 0 Å². The second-order valence-corrected chi connectivity index (χ2v) is 9.62. The van der Waals surface area contributed by atoms with Crippen LogP contribution in [-0.4, -0.2) is 18.4 Å². The quantitative estimate of drug-likeness (QED) is 0.370. The molecule has 0 spiro atoms. The highest BCUT2D eigenvalue weighted by molar-refractivity contribution is 7.93. The van der Waals surface area contributed by atoms with E-state index in [0.29, 0.717) is 21.4 Å². The molecule has 10 heteroatoms. The van der Waals surface area contributed by atoms with E-state index in [-0.39, 0.29) is 4.90 Å². The van der Waals surface area contributed by atoms with Crippen LogP contribution in [0, 0.1) is 11.3 Å². The van der Waals surface area contributed by atoms with E-state index in [1.54, 1.807) is 23.7 Å². The smallest absolute Gasteiger partial charge is 0.263 e. The fourth-order valence-electron chi connectivity index (χ4n) is 2.61. The Labute approximate surface area is 187 Å². The van der Waals surface area contributed by atoms with Crippen molar-refractivity contribution in [3.05, 3.63) is 82.8 Å². The molecule has 0 bridgehead atoms. The number of sulfonamides is 1. The van der Waals surface area contributed by atoms with Crippen LogP contribution in [0.15, 0.2) is 82.6 Å². The first kappa shape index (κ1) is 20.7. The van der Waals surface area contributed by atoms with Gasteiger partial charge in [0, 0.05) is 34.4 Å². The molecule has 31 heavy (non-hydrogen) atoms. The maximum Gasteiger partial charge on any atom is 0.263 e. The Kier molecular flexibility index (Phi) is 6.08. The van der Waals surface area contributed by atoms with E-state index in [9.17, 15) is 13.7 Å². The molecule has 154 valence electrons. The third-order valence-corrected chi connectivity index (χ3v) is 7.17. The van der Waals surface area contributed by atoms with E-state index in [0.717, 1.165) is 11.3 Å². The number of nitrogens with zero attached hydrogens (tertiary/aromatic N) is 3. The number of nitrogens with one attached hydrogen (secondary N) is 2. The number of thiazole rings is 2. The Morgan fingerprint density at radius 2 is 1.84 bits per heavy atom. The fourth-order valence-corrected chi connectivity index (χ4v) is 5.20. The lowest BCUT2D eigenvalue weighted by molar-refractivity contribution is 0.601. The van der Waals surface area contributed by atoms with Crippen LogP contribution in [0.1, 0.15) is 5.01 Å². The van der Waals surface area contributed by atoms with Gasteiger partial charge in [0.05, 0.1) is 10.6 Å². The zero-order chi connectivity index (χ0) is 21.7. The Bertz CT molecular complexity index is 1340. The fraction of sp³-hybridized carbons (Fsp3) is 0. The molecule has 0 radical (unpaired) electrons. The summed E-state index contributed by atoms with van der Waals surface area (Å²) in [5, 5.41) is 17.1. The summed E-state index contributed by atoms with van der Waals surface area (Å²) in [6, 6.07) is 18.1. The van der Waals surface area contributed by atoms with Crippen LogP contribution in [-0.2, 0) is 10.0 Å². The van der Waals surface area contributed by atoms with E-state index in [2.05, 4.69) is 26.1 Å². The van der Waals surface area contributed by atoms with Crippen LogP contribution >= 0.6 is 22.7 Å². The molecule has 4 rings (SSSR count). The van der Waals surface area contributed by atoms with Gasteiger partial charge >= 0.3 is 0 Å². The van der Waals surface area contributed by atoms with Crippen molar-refractivity contribution >= 4 is 49.1 Å². The lowest BCUT2D eigenvalue weighted by atomic mass is 10.2. The van der Waals surface area contributed by atoms with Gasteiger partial charge in [-0.15, -0.1) is 22.7 Å². The van der Waals surface area contributed by atoms with Gasteiger partial charge in [-0.2, -0.15) is 5.26 Å². The van der Waals surface area contributed by atoms with E-state index in [1.165, 1.54) is 41.0 Å². The molecule has 0 saturated heterocycles. The Balaban J connectivity index is 1.47. The minimum atomic E-state index is -3.71. The molecule has 0 aliphatic rings. The minimum absolute atomic E-state index is 0.116. The first-order valence-corrected chi connectivity index (χ1v) is 12.2. The largest absolute Gasteiger partial charge is 0.360 e. The maximum absolute atomic E-state index is 12.4. The van der Waals surface area contributed by atoms with Crippen molar-refractivity contribution in [3.63, 3.8) is 0 Å². The van der Waals surface area contributed by atoms with Gasteiger partial charge < -0.3 is 5.32 Å². The molecule has 0 fully saturated rings. The van der Waals surface area contributed by atoms with Crippen molar-refractivity contribution in [1.29, 1.82) is 5.26 Å². The molecule has 7 nitrogen and oxygen atoms in total. The predicted octanol–water partition coefficient (Wildman–Crippen LogP) is 5.04. The first-order chi connectivity index (χ1) is 15.0. The molecule has 0 aliphatic heterocycles. The number of nitriles is 1. The van der Waals surface area contributed by atoms with Crippen molar-refractivity contribution in [1.82, 2.24) is 9.97 Å². The number of rotatable bonds is 7. The Morgan fingerprint density at radius 3 is 2.52 bits per heavy atom. The molecule has 2 N–H and O–H groups in total. The van der Waals surface area contributed by atoms with Crippen LogP contribution in [0.2, 0.25) is 0 Å². The molecule has 0 amide bonds. The van der Waals surface area contributed by atoms with Gasteiger partial charge in [-0.05, 0) is 24.3 Å². The second kappa shape index (κ2) is 9.09. The molecule has 0 aliphatic carbocycles. The van der Waals surface area contributed by atoms with Gasteiger partial charge in [-0.1, -0.05) is 30.3 Å². The molecular formula is C21H15N5O2S3. The Morgan fingerprint density at radius 1 is 1.06 bits per heavy atom. The van der Waals surface area contributed by atoms with Crippen LogP contribution in [0.4, 0.5) is 10.8 Å². The average molecular weight is 466 g/mol. The van der Waals surface area contributed by atoms with Gasteiger partial charge in [0.15, 0.2) is 5.13 Å². The normalized spacial score (nSPS) is 11.6. The van der Waals surface area contributed by atoms with Gasteiger partial charge in [-0.3, -0.25) is 4.72 Å². The number of benzene rings is 2. The maximum atomic E-state index is 12.4. The van der Waals surface area contributed by atoms with Crippen molar-refractivity contribution in [2.24, 2.45) is 0 Å². The molecule has 2 aromatic heterocycles. The Hall–Kier alpha value is -3.52. The number of aromatic nitrogens is 2. The van der Waals surface area contributed by atoms with Crippen molar-refractivity contribution in [2.75, 3.05) is 10.0 Å². The van der Waals surface area contributed by atoms with E-state index in [4.69, 9.17) is 0 Å². The van der Waals surface area contributed by atoms with E-state index >= 15 is 0 Å². The zero-order valence-electron chi connectivity index (χ0n) is 15.9. The van der Waals surface area contributed by atoms with Gasteiger partial charge in [0.1, 0.15) is 16.6 Å². The van der Waals surface area contributed by atoms with Gasteiger partial charge in [0.25, 0.3) is 10.0 Å². The number of hydrogen-bond donors (Lipinski definition) is 2. The standard InChI is InChI=1S/C21H15N5O2S3/c22-12-16(20-25-19(14-30-20)15-4-2-1-3-5-15)13-24-17-6-8-18(9-7-17)31(27,28)26-21-23-10-11-29-21/h1-11,13-14,24H,(H,23,26). The summed E-state index contributed by atoms with van der Waals surface area (Å²) < 4.78 is 27.2. The molecule has 0 saturated carbocycles. The lowest BCUT2D eigenvalue weighted by Gasteiger charge is -2.06. The molecular weight excluding hydrogens is 450 g/mol. The summed E-state index contributed by atoms with van der Waals surface area (Å²) in [5.41, 5.74) is 2.82. The van der Waals surface area contributed by atoms with Crippen molar-refractivity contribution in [3.8, 4) is 17.3 Å². The number of hydrogen-bond acceptors (Lipinski definition) is 8. The average Bonchev–Trinajstić information content (AvgIpc) is 3.47. The molecule has 2 heterocycles. The zero-order valence-corrected chi connectivity index (χ0v) is 18.3. The van der Waals surface area contributed by atoms with Crippen LogP contribution in [0.3, 0.4) is 0 Å². The second-order valence-electron chi connectivity index (χ2n) is 6.19. The number of anilines is 2. The summed E-state index contributed by atoms with van der Waals surface area (Å²) in [7, 11) is -3.71. The highest BCUT2D eigenvalue weighted by Crippen LogP contribution is 2.26. The molecule has 0 unspecified atom stereocenters. The summed E-state index contributed by atoms with van der Waals surface area (Å²) in [4.78, 5) is 8.58. The molecule has 4 aromatic rings. The third-order valence-electron chi connectivity index (χ3n) is 4.13. The third kappa shape index (κ3) is 4.97. The SMILES string of the molecule is N#CC(=CNc1ccc(S(=O)(=O)Nc2nccs2)cc1)c1nc(-c2ccccc2)cs1. The summed E-state index contributed by atoms with van der Waals surface area (Å²) in [6.45, 7) is 0. The van der Waals surface area contributed by atoms with Crippen molar-refractivity contribution in [2.45, 2.75) is 4.90 Å². The van der Waals surface area contributed by atoms with Gasteiger partial charge in [-0.25, -0.2) is 18.4 Å². The summed E-state index contributed by atoms with van der Waals surface area (Å²) in [5.74, 6) is 0.